The van der Waals surface area contributed by atoms with Crippen LogP contribution in [-0.4, -0.2) is 29.9 Å². The van der Waals surface area contributed by atoms with Gasteiger partial charge in [0.2, 0.25) is 11.9 Å². The lowest BCUT2D eigenvalue weighted by Crippen LogP contribution is -2.10. The Morgan fingerprint density at radius 3 is 2.55 bits per heavy atom. The summed E-state index contributed by atoms with van der Waals surface area (Å²) in [5.41, 5.74) is 11.5. The van der Waals surface area contributed by atoms with Crippen molar-refractivity contribution < 1.29 is 4.39 Å². The molecule has 0 atom stereocenters. The van der Waals surface area contributed by atoms with E-state index in [1.54, 1.807) is 6.07 Å². The fourth-order valence-electron chi connectivity index (χ4n) is 1.91. The standard InChI is InChI=1S/C12H10ClFN8/c13-6-2-1-3-7(14)10(6)8-4-22(21-20-8)5-9-17-11(15)19-12(16)18-9/h1-4H,5H2,(H4,15,16,17,18,19). The Labute approximate surface area is 129 Å². The minimum atomic E-state index is -0.479. The quantitative estimate of drug-likeness (QED) is 0.741. The Kier molecular flexibility index (Phi) is 3.55. The van der Waals surface area contributed by atoms with Gasteiger partial charge >= 0.3 is 0 Å². The lowest BCUT2D eigenvalue weighted by atomic mass is 10.1. The minimum Gasteiger partial charge on any atom is -0.368 e. The average Bonchev–Trinajstić information content (AvgIpc) is 2.85. The van der Waals surface area contributed by atoms with Crippen LogP contribution in [0.2, 0.25) is 5.02 Å². The molecular formula is C12H10ClFN8. The molecule has 0 saturated heterocycles. The van der Waals surface area contributed by atoms with Crippen molar-refractivity contribution in [2.75, 3.05) is 11.5 Å². The van der Waals surface area contributed by atoms with Crippen molar-refractivity contribution in [3.63, 3.8) is 0 Å². The molecule has 4 N–H and O–H groups in total. The second kappa shape index (κ2) is 5.53. The molecule has 10 heteroatoms. The molecule has 0 spiro atoms. The molecule has 8 nitrogen and oxygen atoms in total. The third kappa shape index (κ3) is 2.79. The molecule has 0 radical (unpaired) electrons. The van der Waals surface area contributed by atoms with Crippen molar-refractivity contribution >= 4 is 23.5 Å². The monoisotopic (exact) mass is 320 g/mol. The van der Waals surface area contributed by atoms with Crippen LogP contribution in [0.3, 0.4) is 0 Å². The van der Waals surface area contributed by atoms with Crippen molar-refractivity contribution in [3.05, 3.63) is 41.1 Å². The van der Waals surface area contributed by atoms with E-state index in [0.717, 1.165) is 0 Å². The van der Waals surface area contributed by atoms with E-state index in [2.05, 4.69) is 25.3 Å². The number of nitrogens with two attached hydrogens (primary N) is 2. The van der Waals surface area contributed by atoms with Gasteiger partial charge in [-0.05, 0) is 12.1 Å². The van der Waals surface area contributed by atoms with Crippen LogP contribution in [0.1, 0.15) is 5.82 Å². The fourth-order valence-corrected chi connectivity index (χ4v) is 2.16. The highest BCUT2D eigenvalue weighted by atomic mass is 35.5. The minimum absolute atomic E-state index is 0.0139. The van der Waals surface area contributed by atoms with Crippen molar-refractivity contribution in [1.29, 1.82) is 0 Å². The maximum absolute atomic E-state index is 13.9. The van der Waals surface area contributed by atoms with Gasteiger partial charge < -0.3 is 11.5 Å². The maximum Gasteiger partial charge on any atom is 0.225 e. The van der Waals surface area contributed by atoms with E-state index < -0.39 is 5.82 Å². The Hall–Kier alpha value is -2.81. The Morgan fingerprint density at radius 2 is 1.86 bits per heavy atom. The van der Waals surface area contributed by atoms with Crippen LogP contribution in [0, 0.1) is 5.82 Å². The lowest BCUT2D eigenvalue weighted by molar-refractivity contribution is 0.623. The summed E-state index contributed by atoms with van der Waals surface area (Å²) >= 11 is 5.99. The predicted octanol–water partition coefficient (Wildman–Crippen LogP) is 1.14. The number of nitrogens with zero attached hydrogens (tertiary/aromatic N) is 6. The van der Waals surface area contributed by atoms with Crippen LogP contribution in [-0.2, 0) is 6.54 Å². The van der Waals surface area contributed by atoms with Gasteiger partial charge in [0, 0.05) is 0 Å². The highest BCUT2D eigenvalue weighted by molar-refractivity contribution is 6.33. The van der Waals surface area contributed by atoms with Crippen molar-refractivity contribution in [1.82, 2.24) is 29.9 Å². The van der Waals surface area contributed by atoms with Gasteiger partial charge in [-0.1, -0.05) is 22.9 Å². The van der Waals surface area contributed by atoms with Crippen LogP contribution < -0.4 is 11.5 Å². The highest BCUT2D eigenvalue weighted by Crippen LogP contribution is 2.28. The number of benzene rings is 1. The molecule has 3 aromatic rings. The molecule has 2 heterocycles. The Balaban J connectivity index is 1.91. The molecule has 112 valence electrons. The Morgan fingerprint density at radius 1 is 1.14 bits per heavy atom. The molecule has 0 aliphatic carbocycles. The van der Waals surface area contributed by atoms with E-state index in [1.807, 2.05) is 0 Å². The van der Waals surface area contributed by atoms with Gasteiger partial charge in [-0.2, -0.15) is 15.0 Å². The molecule has 2 aromatic heterocycles. The van der Waals surface area contributed by atoms with Crippen LogP contribution in [0.25, 0.3) is 11.3 Å². The van der Waals surface area contributed by atoms with Crippen LogP contribution in [0.15, 0.2) is 24.4 Å². The molecule has 1 aromatic carbocycles. The van der Waals surface area contributed by atoms with Gasteiger partial charge in [0.1, 0.15) is 18.1 Å². The third-order valence-electron chi connectivity index (χ3n) is 2.78. The first kappa shape index (κ1) is 14.1. The SMILES string of the molecule is Nc1nc(N)nc(Cn2cc(-c3c(F)cccc3Cl)nn2)n1. The molecule has 0 aliphatic rings. The second-order valence-corrected chi connectivity index (χ2v) is 4.77. The van der Waals surface area contributed by atoms with Gasteiger partial charge in [0.15, 0.2) is 5.82 Å². The average molecular weight is 321 g/mol. The first-order chi connectivity index (χ1) is 10.5. The van der Waals surface area contributed by atoms with E-state index in [-0.39, 0.29) is 29.0 Å². The smallest absolute Gasteiger partial charge is 0.225 e. The van der Waals surface area contributed by atoms with Gasteiger partial charge in [-0.25, -0.2) is 9.07 Å². The van der Waals surface area contributed by atoms with E-state index >= 15 is 0 Å². The summed E-state index contributed by atoms with van der Waals surface area (Å²) in [6, 6.07) is 4.39. The van der Waals surface area contributed by atoms with Gasteiger partial charge in [0.25, 0.3) is 0 Å². The molecular weight excluding hydrogens is 311 g/mol. The van der Waals surface area contributed by atoms with E-state index in [9.17, 15) is 4.39 Å². The number of rotatable bonds is 3. The molecule has 3 rings (SSSR count). The zero-order valence-electron chi connectivity index (χ0n) is 11.1. The third-order valence-corrected chi connectivity index (χ3v) is 3.09. The summed E-state index contributed by atoms with van der Waals surface area (Å²) in [6.45, 7) is 0.163. The van der Waals surface area contributed by atoms with Gasteiger partial charge in [-0.3, -0.25) is 0 Å². The maximum atomic E-state index is 13.9. The molecule has 0 saturated carbocycles. The molecule has 0 bridgehead atoms. The van der Waals surface area contributed by atoms with E-state index in [0.29, 0.717) is 11.5 Å². The molecule has 22 heavy (non-hydrogen) atoms. The van der Waals surface area contributed by atoms with Gasteiger partial charge in [-0.15, -0.1) is 5.10 Å². The van der Waals surface area contributed by atoms with Crippen molar-refractivity contribution in [2.45, 2.75) is 6.54 Å². The first-order valence-corrected chi connectivity index (χ1v) is 6.51. The zero-order chi connectivity index (χ0) is 15.7. The topological polar surface area (TPSA) is 121 Å². The predicted molar refractivity (Wildman–Crippen MR) is 78.2 cm³/mol. The molecule has 0 aliphatic heterocycles. The highest BCUT2D eigenvalue weighted by Gasteiger charge is 2.14. The number of halogens is 2. The summed E-state index contributed by atoms with van der Waals surface area (Å²) < 4.78 is 15.3. The Bertz CT molecular complexity index is 793. The lowest BCUT2D eigenvalue weighted by Gasteiger charge is -2.02. The normalized spacial score (nSPS) is 10.8. The van der Waals surface area contributed by atoms with Crippen molar-refractivity contribution in [2.24, 2.45) is 0 Å². The summed E-state index contributed by atoms with van der Waals surface area (Å²) in [4.78, 5) is 11.5. The number of nitrogen functional groups attached to an aromatic ring is 2. The summed E-state index contributed by atoms with van der Waals surface area (Å²) in [6.07, 6.45) is 1.53. The summed E-state index contributed by atoms with van der Waals surface area (Å²) in [5.74, 6) is -0.130. The zero-order valence-corrected chi connectivity index (χ0v) is 11.9. The number of anilines is 2. The van der Waals surface area contributed by atoms with Crippen molar-refractivity contribution in [3.8, 4) is 11.3 Å². The molecule has 0 fully saturated rings. The van der Waals surface area contributed by atoms with Crippen LogP contribution in [0.4, 0.5) is 16.3 Å². The molecule has 0 unspecified atom stereocenters. The summed E-state index contributed by atoms with van der Waals surface area (Å²) in [7, 11) is 0. The second-order valence-electron chi connectivity index (χ2n) is 4.37. The molecule has 0 amide bonds. The summed E-state index contributed by atoms with van der Waals surface area (Å²) in [5, 5.41) is 8.04. The van der Waals surface area contributed by atoms with Crippen LogP contribution >= 0.6 is 11.6 Å². The largest absolute Gasteiger partial charge is 0.368 e. The van der Waals surface area contributed by atoms with Gasteiger partial charge in [0.05, 0.1) is 16.8 Å². The van der Waals surface area contributed by atoms with E-state index in [4.69, 9.17) is 23.1 Å². The van der Waals surface area contributed by atoms with E-state index in [1.165, 1.54) is 23.0 Å². The fraction of sp³-hybridized carbons (Fsp3) is 0.0833. The first-order valence-electron chi connectivity index (χ1n) is 6.13. The number of hydrogen-bond donors (Lipinski definition) is 2. The number of aromatic nitrogens is 6. The number of hydrogen-bond acceptors (Lipinski definition) is 7. The van der Waals surface area contributed by atoms with Crippen LogP contribution in [0.5, 0.6) is 0 Å².